The number of benzene rings is 2. The molecule has 0 spiro atoms. The van der Waals surface area contributed by atoms with Gasteiger partial charge in [-0.05, 0) is 44.5 Å². The largest absolute Gasteiger partial charge is 0.493 e. The second kappa shape index (κ2) is 7.73. The van der Waals surface area contributed by atoms with Gasteiger partial charge in [0.15, 0.2) is 17.6 Å². The van der Waals surface area contributed by atoms with E-state index in [9.17, 15) is 4.79 Å². The summed E-state index contributed by atoms with van der Waals surface area (Å²) >= 11 is 0. The molecule has 2 aromatic rings. The SMILES string of the molecule is COc1cc(C)c(NC(=O)[C@@H](C)Oc2ccc(C)cc2)cc1OC. The van der Waals surface area contributed by atoms with Gasteiger partial charge in [0.25, 0.3) is 5.91 Å². The van der Waals surface area contributed by atoms with Crippen LogP contribution in [0.5, 0.6) is 17.2 Å². The highest BCUT2D eigenvalue weighted by Gasteiger charge is 2.17. The number of ether oxygens (including phenoxy) is 3. The molecule has 0 aliphatic heterocycles. The lowest BCUT2D eigenvalue weighted by molar-refractivity contribution is -0.122. The summed E-state index contributed by atoms with van der Waals surface area (Å²) < 4.78 is 16.2. The minimum atomic E-state index is -0.625. The smallest absolute Gasteiger partial charge is 0.265 e. The first-order valence-electron chi connectivity index (χ1n) is 7.71. The lowest BCUT2D eigenvalue weighted by Gasteiger charge is -2.17. The molecule has 0 aliphatic rings. The third-order valence-electron chi connectivity index (χ3n) is 3.69. The first kappa shape index (κ1) is 17.7. The van der Waals surface area contributed by atoms with Crippen molar-refractivity contribution in [3.8, 4) is 17.2 Å². The van der Waals surface area contributed by atoms with E-state index in [2.05, 4.69) is 5.32 Å². The summed E-state index contributed by atoms with van der Waals surface area (Å²) in [5.74, 6) is 1.61. The van der Waals surface area contributed by atoms with Crippen molar-refractivity contribution >= 4 is 11.6 Å². The zero-order valence-electron chi connectivity index (χ0n) is 14.7. The Bertz CT molecular complexity index is 710. The van der Waals surface area contributed by atoms with Crippen LogP contribution in [0.4, 0.5) is 5.69 Å². The summed E-state index contributed by atoms with van der Waals surface area (Å²) in [4.78, 5) is 12.4. The van der Waals surface area contributed by atoms with Crippen molar-refractivity contribution in [2.24, 2.45) is 0 Å². The van der Waals surface area contributed by atoms with Gasteiger partial charge in [-0.1, -0.05) is 17.7 Å². The van der Waals surface area contributed by atoms with E-state index in [1.54, 1.807) is 27.2 Å². The zero-order chi connectivity index (χ0) is 17.7. The molecule has 2 aromatic carbocycles. The van der Waals surface area contributed by atoms with Crippen LogP contribution in [-0.4, -0.2) is 26.2 Å². The molecule has 0 bridgehead atoms. The molecule has 24 heavy (non-hydrogen) atoms. The fourth-order valence-corrected chi connectivity index (χ4v) is 2.22. The van der Waals surface area contributed by atoms with Crippen LogP contribution in [0.15, 0.2) is 36.4 Å². The van der Waals surface area contributed by atoms with Gasteiger partial charge < -0.3 is 19.5 Å². The van der Waals surface area contributed by atoms with Crippen LogP contribution < -0.4 is 19.5 Å². The van der Waals surface area contributed by atoms with E-state index in [0.29, 0.717) is 22.9 Å². The van der Waals surface area contributed by atoms with E-state index in [4.69, 9.17) is 14.2 Å². The summed E-state index contributed by atoms with van der Waals surface area (Å²) in [5.41, 5.74) is 2.68. The standard InChI is InChI=1S/C19H23NO4/c1-12-6-8-15(9-7-12)24-14(3)19(21)20-16-11-18(23-5)17(22-4)10-13(16)2/h6-11,14H,1-5H3,(H,20,21)/t14-/m1/s1. The minimum absolute atomic E-state index is 0.231. The summed E-state index contributed by atoms with van der Waals surface area (Å²) in [6.45, 7) is 5.61. The van der Waals surface area contributed by atoms with Gasteiger partial charge in [0.2, 0.25) is 0 Å². The number of aryl methyl sites for hydroxylation is 2. The van der Waals surface area contributed by atoms with Gasteiger partial charge in [0.05, 0.1) is 14.2 Å². The highest BCUT2D eigenvalue weighted by atomic mass is 16.5. The van der Waals surface area contributed by atoms with Crippen LogP contribution in [0.3, 0.4) is 0 Å². The molecule has 1 amide bonds. The number of amides is 1. The van der Waals surface area contributed by atoms with Crippen molar-refractivity contribution in [3.63, 3.8) is 0 Å². The number of rotatable bonds is 6. The lowest BCUT2D eigenvalue weighted by Crippen LogP contribution is -2.30. The van der Waals surface area contributed by atoms with Crippen molar-refractivity contribution in [2.45, 2.75) is 26.9 Å². The molecule has 0 fully saturated rings. The van der Waals surface area contributed by atoms with Gasteiger partial charge in [-0.3, -0.25) is 4.79 Å². The quantitative estimate of drug-likeness (QED) is 0.877. The topological polar surface area (TPSA) is 56.8 Å². The Morgan fingerprint density at radius 1 is 1.00 bits per heavy atom. The van der Waals surface area contributed by atoms with Crippen molar-refractivity contribution < 1.29 is 19.0 Å². The van der Waals surface area contributed by atoms with Gasteiger partial charge in [-0.2, -0.15) is 0 Å². The molecule has 1 atom stereocenters. The highest BCUT2D eigenvalue weighted by molar-refractivity contribution is 5.95. The molecular weight excluding hydrogens is 306 g/mol. The number of carbonyl (C=O) groups is 1. The Labute approximate surface area is 142 Å². The van der Waals surface area contributed by atoms with Crippen LogP contribution in [0.2, 0.25) is 0 Å². The Hall–Kier alpha value is -2.69. The Morgan fingerprint density at radius 2 is 1.58 bits per heavy atom. The molecule has 0 saturated heterocycles. The first-order chi connectivity index (χ1) is 11.4. The van der Waals surface area contributed by atoms with Crippen LogP contribution in [-0.2, 0) is 4.79 Å². The molecule has 0 aliphatic carbocycles. The molecular formula is C19H23NO4. The van der Waals surface area contributed by atoms with Crippen LogP contribution >= 0.6 is 0 Å². The first-order valence-corrected chi connectivity index (χ1v) is 7.71. The summed E-state index contributed by atoms with van der Waals surface area (Å²) in [6, 6.07) is 11.1. The van der Waals surface area contributed by atoms with Crippen LogP contribution in [0.1, 0.15) is 18.1 Å². The molecule has 1 N–H and O–H groups in total. The Morgan fingerprint density at radius 3 is 2.17 bits per heavy atom. The molecule has 0 heterocycles. The lowest BCUT2D eigenvalue weighted by atomic mass is 10.1. The number of hydrogen-bond acceptors (Lipinski definition) is 4. The minimum Gasteiger partial charge on any atom is -0.493 e. The van der Waals surface area contributed by atoms with E-state index in [1.807, 2.05) is 44.2 Å². The number of hydrogen-bond donors (Lipinski definition) is 1. The van der Waals surface area contributed by atoms with E-state index < -0.39 is 6.10 Å². The molecule has 128 valence electrons. The number of anilines is 1. The Balaban J connectivity index is 2.09. The molecule has 0 unspecified atom stereocenters. The van der Waals surface area contributed by atoms with Crippen LogP contribution in [0.25, 0.3) is 0 Å². The molecule has 0 aromatic heterocycles. The summed E-state index contributed by atoms with van der Waals surface area (Å²) in [5, 5.41) is 2.87. The van der Waals surface area contributed by atoms with Gasteiger partial charge in [-0.25, -0.2) is 0 Å². The second-order valence-corrected chi connectivity index (χ2v) is 5.58. The highest BCUT2D eigenvalue weighted by Crippen LogP contribution is 2.33. The zero-order valence-corrected chi connectivity index (χ0v) is 14.7. The van der Waals surface area contributed by atoms with E-state index in [1.165, 1.54) is 0 Å². The molecule has 5 heteroatoms. The molecule has 0 saturated carbocycles. The summed E-state index contributed by atoms with van der Waals surface area (Å²) in [6.07, 6.45) is -0.625. The second-order valence-electron chi connectivity index (χ2n) is 5.58. The maximum atomic E-state index is 12.4. The maximum Gasteiger partial charge on any atom is 0.265 e. The molecule has 0 radical (unpaired) electrons. The van der Waals surface area contributed by atoms with E-state index in [0.717, 1.165) is 11.1 Å². The maximum absolute atomic E-state index is 12.4. The number of carbonyl (C=O) groups excluding carboxylic acids is 1. The third-order valence-corrected chi connectivity index (χ3v) is 3.69. The normalized spacial score (nSPS) is 11.5. The molecule has 5 nitrogen and oxygen atoms in total. The van der Waals surface area contributed by atoms with Gasteiger partial charge in [-0.15, -0.1) is 0 Å². The number of methoxy groups -OCH3 is 2. The fourth-order valence-electron chi connectivity index (χ4n) is 2.22. The van der Waals surface area contributed by atoms with E-state index in [-0.39, 0.29) is 5.91 Å². The fraction of sp³-hybridized carbons (Fsp3) is 0.316. The van der Waals surface area contributed by atoms with Crippen molar-refractivity contribution in [3.05, 3.63) is 47.5 Å². The van der Waals surface area contributed by atoms with Gasteiger partial charge in [0.1, 0.15) is 5.75 Å². The molecule has 2 rings (SSSR count). The van der Waals surface area contributed by atoms with Gasteiger partial charge in [0, 0.05) is 11.8 Å². The van der Waals surface area contributed by atoms with Gasteiger partial charge >= 0.3 is 0 Å². The third kappa shape index (κ3) is 4.19. The predicted molar refractivity (Wildman–Crippen MR) is 94.2 cm³/mol. The summed E-state index contributed by atoms with van der Waals surface area (Å²) in [7, 11) is 3.13. The van der Waals surface area contributed by atoms with E-state index >= 15 is 0 Å². The van der Waals surface area contributed by atoms with Crippen LogP contribution in [0, 0.1) is 13.8 Å². The Kier molecular flexibility index (Phi) is 5.68. The van der Waals surface area contributed by atoms with Crippen molar-refractivity contribution in [1.29, 1.82) is 0 Å². The monoisotopic (exact) mass is 329 g/mol. The average Bonchev–Trinajstić information content (AvgIpc) is 2.58. The van der Waals surface area contributed by atoms with Crippen molar-refractivity contribution in [2.75, 3.05) is 19.5 Å². The average molecular weight is 329 g/mol. The van der Waals surface area contributed by atoms with Crippen molar-refractivity contribution in [1.82, 2.24) is 0 Å². The predicted octanol–water partition coefficient (Wildman–Crippen LogP) is 3.73. The number of nitrogens with one attached hydrogen (secondary N) is 1.